The molecule has 2 aromatic carbocycles. The fourth-order valence-electron chi connectivity index (χ4n) is 4.69. The van der Waals surface area contributed by atoms with E-state index in [1.807, 2.05) is 24.3 Å². The molecule has 1 saturated heterocycles. The van der Waals surface area contributed by atoms with E-state index in [1.165, 1.54) is 23.2 Å². The van der Waals surface area contributed by atoms with E-state index in [4.69, 9.17) is 9.47 Å². The Kier molecular flexibility index (Phi) is 7.73. The Labute approximate surface area is 197 Å². The first-order chi connectivity index (χ1) is 16.0. The van der Waals surface area contributed by atoms with E-state index in [0.717, 1.165) is 44.9 Å². The highest BCUT2D eigenvalue weighted by Gasteiger charge is 2.26. The summed E-state index contributed by atoms with van der Waals surface area (Å²) in [6.07, 6.45) is 2.30. The lowest BCUT2D eigenvalue weighted by Gasteiger charge is -2.39. The fraction of sp³-hybridized carbons (Fsp3) is 0.500. The molecule has 4 rings (SSSR count). The first-order valence-electron chi connectivity index (χ1n) is 11.8. The zero-order chi connectivity index (χ0) is 23.2. The van der Waals surface area contributed by atoms with Crippen LogP contribution in [0.25, 0.3) is 0 Å². The van der Waals surface area contributed by atoms with Crippen LogP contribution in [-0.2, 0) is 11.2 Å². The Morgan fingerprint density at radius 3 is 2.45 bits per heavy atom. The lowest BCUT2D eigenvalue weighted by atomic mass is 9.95. The number of carbonyl (C=O) groups is 1. The molecule has 1 fully saturated rings. The highest BCUT2D eigenvalue weighted by atomic mass is 16.5. The number of methoxy groups -OCH3 is 1. The zero-order valence-corrected chi connectivity index (χ0v) is 20.0. The van der Waals surface area contributed by atoms with Crippen molar-refractivity contribution in [3.63, 3.8) is 0 Å². The van der Waals surface area contributed by atoms with Gasteiger partial charge in [0.1, 0.15) is 11.5 Å². The van der Waals surface area contributed by atoms with Crippen molar-refractivity contribution in [2.45, 2.75) is 18.9 Å². The van der Waals surface area contributed by atoms with Crippen LogP contribution in [0.3, 0.4) is 0 Å². The highest BCUT2D eigenvalue weighted by molar-refractivity contribution is 5.77. The van der Waals surface area contributed by atoms with E-state index in [9.17, 15) is 4.79 Å². The van der Waals surface area contributed by atoms with Gasteiger partial charge in [-0.05, 0) is 61.3 Å². The van der Waals surface area contributed by atoms with E-state index >= 15 is 0 Å². The van der Waals surface area contributed by atoms with Gasteiger partial charge in [-0.1, -0.05) is 12.1 Å². The van der Waals surface area contributed by atoms with Crippen LogP contribution in [0.4, 0.5) is 5.69 Å². The molecule has 1 amide bonds. The number of hydrogen-bond acceptors (Lipinski definition) is 6. The maximum atomic E-state index is 12.6. The summed E-state index contributed by atoms with van der Waals surface area (Å²) in [5.41, 5.74) is 4.03. The van der Waals surface area contributed by atoms with Crippen molar-refractivity contribution in [2.75, 3.05) is 72.0 Å². The fourth-order valence-corrected chi connectivity index (χ4v) is 4.69. The number of amides is 1. The van der Waals surface area contributed by atoms with Crippen LogP contribution in [0.1, 0.15) is 23.6 Å². The largest absolute Gasteiger partial charge is 0.497 e. The normalized spacial score (nSPS) is 17.8. The number of rotatable bonds is 8. The van der Waals surface area contributed by atoms with Crippen LogP contribution in [0.15, 0.2) is 42.5 Å². The van der Waals surface area contributed by atoms with E-state index in [1.54, 1.807) is 7.11 Å². The molecule has 0 spiro atoms. The van der Waals surface area contributed by atoms with Gasteiger partial charge in [0.05, 0.1) is 13.2 Å². The second kappa shape index (κ2) is 10.9. The molecule has 0 saturated carbocycles. The minimum atomic E-state index is -0.109. The molecule has 2 heterocycles. The van der Waals surface area contributed by atoms with Gasteiger partial charge in [-0.25, -0.2) is 0 Å². The van der Waals surface area contributed by atoms with Gasteiger partial charge in [0.15, 0.2) is 6.61 Å². The third-order valence-electron chi connectivity index (χ3n) is 6.74. The highest BCUT2D eigenvalue weighted by Crippen LogP contribution is 2.31. The Morgan fingerprint density at radius 1 is 1.00 bits per heavy atom. The van der Waals surface area contributed by atoms with Gasteiger partial charge < -0.3 is 24.6 Å². The third-order valence-corrected chi connectivity index (χ3v) is 6.74. The molecule has 0 radical (unpaired) electrons. The standard InChI is InChI=1S/C26H36N4O3/c1-28-13-15-30(16-14-28)25(21-6-11-24-20(17-21)5-4-12-29(24)2)18-27-26(31)19-33-23-9-7-22(32-3)8-10-23/h6-11,17,25H,4-5,12-16,18-19H2,1-3H3,(H,27,31)/t25-/m0/s1. The van der Waals surface area contributed by atoms with Crippen LogP contribution in [0, 0.1) is 0 Å². The Hall–Kier alpha value is -2.77. The van der Waals surface area contributed by atoms with Crippen molar-refractivity contribution in [1.29, 1.82) is 0 Å². The third kappa shape index (κ3) is 5.97. The molecule has 7 nitrogen and oxygen atoms in total. The molecule has 178 valence electrons. The van der Waals surface area contributed by atoms with Crippen molar-refractivity contribution >= 4 is 11.6 Å². The molecular formula is C26H36N4O3. The van der Waals surface area contributed by atoms with Crippen LogP contribution in [0.5, 0.6) is 11.5 Å². The summed E-state index contributed by atoms with van der Waals surface area (Å²) in [4.78, 5) is 19.8. The van der Waals surface area contributed by atoms with Crippen LogP contribution < -0.4 is 19.7 Å². The number of carbonyl (C=O) groups excluding carboxylic acids is 1. The molecule has 1 atom stereocenters. The van der Waals surface area contributed by atoms with E-state index in [0.29, 0.717) is 12.3 Å². The first-order valence-corrected chi connectivity index (χ1v) is 11.8. The second-order valence-electron chi connectivity index (χ2n) is 9.04. The predicted molar refractivity (Wildman–Crippen MR) is 131 cm³/mol. The van der Waals surface area contributed by atoms with Crippen LogP contribution in [0.2, 0.25) is 0 Å². The smallest absolute Gasteiger partial charge is 0.258 e. The zero-order valence-electron chi connectivity index (χ0n) is 20.0. The molecule has 0 bridgehead atoms. The number of hydrogen-bond donors (Lipinski definition) is 1. The van der Waals surface area contributed by atoms with E-state index in [-0.39, 0.29) is 18.6 Å². The molecule has 0 unspecified atom stereocenters. The molecule has 0 aliphatic carbocycles. The van der Waals surface area contributed by atoms with Crippen molar-refractivity contribution in [3.05, 3.63) is 53.6 Å². The first kappa shape index (κ1) is 23.4. The van der Waals surface area contributed by atoms with E-state index in [2.05, 4.69) is 52.3 Å². The summed E-state index contributed by atoms with van der Waals surface area (Å²) in [5, 5.41) is 3.12. The van der Waals surface area contributed by atoms with Crippen LogP contribution in [-0.4, -0.2) is 82.8 Å². The molecule has 2 aliphatic heterocycles. The lowest BCUT2D eigenvalue weighted by molar-refractivity contribution is -0.123. The Bertz CT molecular complexity index is 926. The maximum absolute atomic E-state index is 12.6. The molecule has 7 heteroatoms. The summed E-state index contributed by atoms with van der Waals surface area (Å²) < 4.78 is 10.8. The number of likely N-dealkylation sites (N-methyl/N-ethyl adjacent to an activating group) is 1. The van der Waals surface area contributed by atoms with E-state index < -0.39 is 0 Å². The molecule has 0 aromatic heterocycles. The monoisotopic (exact) mass is 452 g/mol. The molecular weight excluding hydrogens is 416 g/mol. The summed E-state index contributed by atoms with van der Waals surface area (Å²) in [6, 6.07) is 14.3. The number of anilines is 1. The summed E-state index contributed by atoms with van der Waals surface area (Å²) in [5.74, 6) is 1.31. The second-order valence-corrected chi connectivity index (χ2v) is 9.04. The molecule has 2 aromatic rings. The topological polar surface area (TPSA) is 57.3 Å². The van der Waals surface area contributed by atoms with Gasteiger partial charge in [-0.3, -0.25) is 9.69 Å². The van der Waals surface area contributed by atoms with Crippen molar-refractivity contribution in [1.82, 2.24) is 15.1 Å². The van der Waals surface area contributed by atoms with Gasteiger partial charge in [-0.2, -0.15) is 0 Å². The summed E-state index contributed by atoms with van der Waals surface area (Å²) >= 11 is 0. The number of fused-ring (bicyclic) bond motifs is 1. The van der Waals surface area contributed by atoms with Gasteiger partial charge in [0.25, 0.3) is 5.91 Å². The van der Waals surface area contributed by atoms with Crippen molar-refractivity contribution in [3.8, 4) is 11.5 Å². The van der Waals surface area contributed by atoms with Gasteiger partial charge in [-0.15, -0.1) is 0 Å². The molecule has 2 aliphatic rings. The molecule has 33 heavy (non-hydrogen) atoms. The number of nitrogens with zero attached hydrogens (tertiary/aromatic N) is 3. The number of aryl methyl sites for hydroxylation is 1. The number of nitrogens with one attached hydrogen (secondary N) is 1. The van der Waals surface area contributed by atoms with Gasteiger partial charge in [0, 0.05) is 52.0 Å². The van der Waals surface area contributed by atoms with Crippen molar-refractivity contribution < 1.29 is 14.3 Å². The molecule has 1 N–H and O–H groups in total. The Balaban J connectivity index is 1.41. The van der Waals surface area contributed by atoms with Crippen LogP contribution >= 0.6 is 0 Å². The minimum absolute atomic E-state index is 0.00321. The average molecular weight is 453 g/mol. The minimum Gasteiger partial charge on any atom is -0.497 e. The summed E-state index contributed by atoms with van der Waals surface area (Å²) in [6.45, 7) is 5.75. The SMILES string of the molecule is COc1ccc(OCC(=O)NC[C@@H](c2ccc3c(c2)CCCN3C)N2CCN(C)CC2)cc1. The average Bonchev–Trinajstić information content (AvgIpc) is 2.84. The lowest BCUT2D eigenvalue weighted by Crippen LogP contribution is -2.48. The number of piperazine rings is 1. The predicted octanol–water partition coefficient (Wildman–Crippen LogP) is 2.56. The number of benzene rings is 2. The maximum Gasteiger partial charge on any atom is 0.258 e. The van der Waals surface area contributed by atoms with Gasteiger partial charge >= 0.3 is 0 Å². The number of ether oxygens (including phenoxy) is 2. The quantitative estimate of drug-likeness (QED) is 0.665. The summed E-state index contributed by atoms with van der Waals surface area (Å²) in [7, 11) is 5.96. The van der Waals surface area contributed by atoms with Gasteiger partial charge in [0.2, 0.25) is 0 Å². The Morgan fingerprint density at radius 2 is 1.73 bits per heavy atom. The van der Waals surface area contributed by atoms with Crippen molar-refractivity contribution in [2.24, 2.45) is 0 Å².